The summed E-state index contributed by atoms with van der Waals surface area (Å²) in [5.74, 6) is 1.19. The Morgan fingerprint density at radius 1 is 1.11 bits per heavy atom. The Labute approximate surface area is 207 Å². The number of benzene rings is 1. The largest absolute Gasteiger partial charge is 0.469 e. The van der Waals surface area contributed by atoms with Crippen LogP contribution in [0.15, 0.2) is 30.3 Å². The second-order valence-electron chi connectivity index (χ2n) is 9.22. The number of imidazole rings is 1. The minimum Gasteiger partial charge on any atom is -0.469 e. The van der Waals surface area contributed by atoms with Crippen LogP contribution >= 0.6 is 0 Å². The van der Waals surface area contributed by atoms with Crippen LogP contribution in [0.2, 0.25) is 0 Å². The molecule has 0 radical (unpaired) electrons. The van der Waals surface area contributed by atoms with Crippen LogP contribution < -0.4 is 10.2 Å². The number of hydrogen-bond donors (Lipinski definition) is 1. The molecule has 2 fully saturated rings. The summed E-state index contributed by atoms with van der Waals surface area (Å²) in [6, 6.07) is 8.78. The predicted octanol–water partition coefficient (Wildman–Crippen LogP) is 3.98. The molecule has 5 rings (SSSR count). The van der Waals surface area contributed by atoms with Gasteiger partial charge in [0.2, 0.25) is 5.95 Å². The molecule has 2 aliphatic rings. The number of esters is 1. The third-order valence-electron chi connectivity index (χ3n) is 6.98. The van der Waals surface area contributed by atoms with Gasteiger partial charge in [-0.05, 0) is 43.7 Å². The fourth-order valence-corrected chi connectivity index (χ4v) is 5.01. The summed E-state index contributed by atoms with van der Waals surface area (Å²) in [4.78, 5) is 27.4. The zero-order valence-electron chi connectivity index (χ0n) is 20.2. The summed E-state index contributed by atoms with van der Waals surface area (Å²) in [7, 11) is 1.43. The van der Waals surface area contributed by atoms with Gasteiger partial charge in [-0.25, -0.2) is 13.8 Å². The maximum Gasteiger partial charge on any atom is 0.308 e. The Morgan fingerprint density at radius 2 is 1.83 bits per heavy atom. The van der Waals surface area contributed by atoms with E-state index in [0.717, 1.165) is 25.7 Å². The number of anilines is 2. The Kier molecular flexibility index (Phi) is 7.26. The lowest BCUT2D eigenvalue weighted by molar-refractivity contribution is -0.146. The number of para-hydroxylation sites is 2. The zero-order chi connectivity index (χ0) is 25.1. The van der Waals surface area contributed by atoms with Gasteiger partial charge in [-0.15, -0.1) is 0 Å². The number of nitrogens with one attached hydrogen (secondary N) is 1. The molecule has 1 aliphatic carbocycles. The normalized spacial score (nSPS) is 20.6. The lowest BCUT2D eigenvalue weighted by Gasteiger charge is -2.29. The lowest BCUT2D eigenvalue weighted by Crippen LogP contribution is -2.37. The first kappa shape index (κ1) is 24.4. The molecule has 3 heterocycles. The molecular weight excluding hydrogens is 470 g/mol. The zero-order valence-corrected chi connectivity index (χ0v) is 20.2. The van der Waals surface area contributed by atoms with Crippen molar-refractivity contribution >= 4 is 28.8 Å². The first-order valence-corrected chi connectivity index (χ1v) is 12.3. The molecule has 9 nitrogen and oxygen atoms in total. The highest BCUT2D eigenvalue weighted by atomic mass is 19.3. The number of halogens is 2. The summed E-state index contributed by atoms with van der Waals surface area (Å²) in [6.45, 7) is 3.08. The molecule has 36 heavy (non-hydrogen) atoms. The van der Waals surface area contributed by atoms with Gasteiger partial charge >= 0.3 is 5.97 Å². The van der Waals surface area contributed by atoms with E-state index in [4.69, 9.17) is 14.5 Å². The lowest BCUT2D eigenvalue weighted by atomic mass is 9.82. The van der Waals surface area contributed by atoms with Gasteiger partial charge in [0.05, 0.1) is 37.3 Å². The maximum absolute atomic E-state index is 14.0. The summed E-state index contributed by atoms with van der Waals surface area (Å²) in [6.07, 6.45) is 0.602. The average molecular weight is 501 g/mol. The summed E-state index contributed by atoms with van der Waals surface area (Å²) < 4.78 is 39.8. The highest BCUT2D eigenvalue weighted by Crippen LogP contribution is 2.31. The van der Waals surface area contributed by atoms with E-state index in [1.165, 1.54) is 11.7 Å². The summed E-state index contributed by atoms with van der Waals surface area (Å²) >= 11 is 0. The quantitative estimate of drug-likeness (QED) is 0.487. The van der Waals surface area contributed by atoms with Crippen LogP contribution in [-0.4, -0.2) is 65.4 Å². The number of alkyl halides is 2. The van der Waals surface area contributed by atoms with Crippen molar-refractivity contribution in [1.29, 1.82) is 0 Å². The highest BCUT2D eigenvalue weighted by Gasteiger charge is 2.27. The molecule has 0 amide bonds. The molecule has 0 unspecified atom stereocenters. The fourth-order valence-electron chi connectivity index (χ4n) is 5.01. The Morgan fingerprint density at radius 3 is 2.56 bits per heavy atom. The van der Waals surface area contributed by atoms with Gasteiger partial charge in [0.25, 0.3) is 6.43 Å². The molecule has 0 bridgehead atoms. The van der Waals surface area contributed by atoms with Crippen LogP contribution in [0.5, 0.6) is 0 Å². The van der Waals surface area contributed by atoms with Crippen LogP contribution in [0.3, 0.4) is 0 Å². The van der Waals surface area contributed by atoms with Crippen LogP contribution in [0, 0.1) is 11.8 Å². The third-order valence-corrected chi connectivity index (χ3v) is 6.98. The number of nitrogens with zero attached hydrogens (tertiary/aromatic N) is 5. The number of carbonyl (C=O) groups is 1. The molecule has 1 aliphatic heterocycles. The van der Waals surface area contributed by atoms with Crippen LogP contribution in [0.1, 0.15) is 37.9 Å². The molecule has 1 saturated carbocycles. The number of aromatic nitrogens is 4. The highest BCUT2D eigenvalue weighted by molar-refractivity contribution is 5.78. The molecule has 11 heteroatoms. The van der Waals surface area contributed by atoms with E-state index in [-0.39, 0.29) is 17.7 Å². The van der Waals surface area contributed by atoms with Crippen molar-refractivity contribution in [2.24, 2.45) is 11.8 Å². The van der Waals surface area contributed by atoms with Crippen LogP contribution in [0.4, 0.5) is 20.5 Å². The van der Waals surface area contributed by atoms with E-state index < -0.39 is 6.43 Å². The monoisotopic (exact) mass is 500 g/mol. The van der Waals surface area contributed by atoms with E-state index in [9.17, 15) is 13.6 Å². The van der Waals surface area contributed by atoms with Crippen LogP contribution in [-0.2, 0) is 14.3 Å². The van der Waals surface area contributed by atoms with E-state index >= 15 is 0 Å². The molecule has 192 valence electrons. The Bertz CT molecular complexity index is 1210. The molecule has 2 aromatic heterocycles. The number of ether oxygens (including phenoxy) is 2. The number of methoxy groups -OCH3 is 1. The molecule has 3 aromatic rings. The van der Waals surface area contributed by atoms with Crippen molar-refractivity contribution < 1.29 is 23.0 Å². The summed E-state index contributed by atoms with van der Waals surface area (Å²) in [5.41, 5.74) is 1.04. The Hall–Kier alpha value is -3.34. The third kappa shape index (κ3) is 5.11. The molecule has 1 saturated heterocycles. The number of carbonyl (C=O) groups excluding carboxylic acids is 1. The molecule has 1 N–H and O–H groups in total. The first-order chi connectivity index (χ1) is 17.5. The number of hydrogen-bond acceptors (Lipinski definition) is 8. The van der Waals surface area contributed by atoms with Crippen molar-refractivity contribution in [3.63, 3.8) is 0 Å². The minimum absolute atomic E-state index is 0.0407. The molecular formula is C25H30F2N6O3. The van der Waals surface area contributed by atoms with Gasteiger partial charge in [0.15, 0.2) is 5.82 Å². The standard InChI is InChI=1S/C25H30F2N6O3/c1-35-24(34)17-8-6-16(7-9-17)15-28-25-30-20(32-10-12-36-13-11-32)14-21(31-25)33-19-5-3-2-4-18(19)29-23(33)22(26)27/h2-5,14,16-17,22H,6-13,15H2,1H3,(H,28,30,31). The number of morpholine rings is 1. The second-order valence-corrected chi connectivity index (χ2v) is 9.22. The van der Waals surface area contributed by atoms with Gasteiger partial charge in [-0.1, -0.05) is 12.1 Å². The van der Waals surface area contributed by atoms with Crippen molar-refractivity contribution in [3.8, 4) is 5.82 Å². The van der Waals surface area contributed by atoms with Gasteiger partial charge in [-0.2, -0.15) is 9.97 Å². The number of rotatable bonds is 7. The van der Waals surface area contributed by atoms with E-state index in [0.29, 0.717) is 67.4 Å². The van der Waals surface area contributed by atoms with Gasteiger partial charge in [0.1, 0.15) is 11.6 Å². The van der Waals surface area contributed by atoms with Gasteiger partial charge < -0.3 is 19.7 Å². The molecule has 0 atom stereocenters. The van der Waals surface area contributed by atoms with Gasteiger partial charge in [0, 0.05) is 25.7 Å². The fraction of sp³-hybridized carbons (Fsp3) is 0.520. The van der Waals surface area contributed by atoms with Crippen molar-refractivity contribution in [3.05, 3.63) is 36.2 Å². The first-order valence-electron chi connectivity index (χ1n) is 12.3. The minimum atomic E-state index is -2.76. The predicted molar refractivity (Wildman–Crippen MR) is 131 cm³/mol. The Balaban J connectivity index is 1.44. The van der Waals surface area contributed by atoms with Crippen molar-refractivity contribution in [2.45, 2.75) is 32.1 Å². The topological polar surface area (TPSA) is 94.4 Å². The van der Waals surface area contributed by atoms with Crippen molar-refractivity contribution in [2.75, 3.05) is 50.2 Å². The van der Waals surface area contributed by atoms with E-state index in [1.54, 1.807) is 30.3 Å². The molecule has 0 spiro atoms. The second kappa shape index (κ2) is 10.7. The maximum atomic E-state index is 14.0. The average Bonchev–Trinajstić information content (AvgIpc) is 3.32. The van der Waals surface area contributed by atoms with Gasteiger partial charge in [-0.3, -0.25) is 9.36 Å². The SMILES string of the molecule is COC(=O)C1CCC(CNc2nc(N3CCOCC3)cc(-n3c(C(F)F)nc4ccccc43)n2)CC1. The molecule has 1 aromatic carbocycles. The van der Waals surface area contributed by atoms with Crippen molar-refractivity contribution in [1.82, 2.24) is 19.5 Å². The van der Waals surface area contributed by atoms with Crippen LogP contribution in [0.25, 0.3) is 16.9 Å². The summed E-state index contributed by atoms with van der Waals surface area (Å²) in [5, 5.41) is 3.33. The van der Waals surface area contributed by atoms with E-state index in [1.807, 2.05) is 0 Å². The number of fused-ring (bicyclic) bond motifs is 1. The smallest absolute Gasteiger partial charge is 0.308 e. The van der Waals surface area contributed by atoms with E-state index in [2.05, 4.69) is 20.2 Å².